The quantitative estimate of drug-likeness (QED) is 0.331. The minimum atomic E-state index is -3.68. The van der Waals surface area contributed by atoms with Crippen LogP contribution in [0.4, 0.5) is 4.39 Å². The van der Waals surface area contributed by atoms with Gasteiger partial charge in [-0.2, -0.15) is 0 Å². The van der Waals surface area contributed by atoms with Crippen LogP contribution in [0.5, 0.6) is 0 Å². The normalized spacial score (nSPS) is 12.8. The van der Waals surface area contributed by atoms with Gasteiger partial charge in [0.2, 0.25) is 0 Å². The molecule has 0 aromatic heterocycles. The summed E-state index contributed by atoms with van der Waals surface area (Å²) >= 11 is 0. The topological polar surface area (TPSA) is 73.8 Å². The van der Waals surface area contributed by atoms with Gasteiger partial charge in [-0.05, 0) is 53.2 Å². The molecule has 0 aliphatic rings. The first kappa shape index (κ1) is 24.4. The third-order valence-corrected chi connectivity index (χ3v) is 6.09. The molecule has 0 saturated heterocycles. The molecule has 0 spiro atoms. The number of benzene rings is 1. The van der Waals surface area contributed by atoms with E-state index in [1.54, 1.807) is 0 Å². The van der Waals surface area contributed by atoms with Gasteiger partial charge in [0.15, 0.2) is 15.8 Å². The van der Waals surface area contributed by atoms with Gasteiger partial charge in [-0.3, -0.25) is 9.89 Å². The van der Waals surface area contributed by atoms with E-state index in [9.17, 15) is 12.8 Å². The maximum atomic E-state index is 13.7. The van der Waals surface area contributed by atoms with Gasteiger partial charge in [-0.1, -0.05) is 12.1 Å². The van der Waals surface area contributed by atoms with Crippen LogP contribution < -0.4 is 10.6 Å². The van der Waals surface area contributed by atoms with Crippen molar-refractivity contribution >= 4 is 15.8 Å². The highest BCUT2D eigenvalue weighted by molar-refractivity contribution is 7.91. The van der Waals surface area contributed by atoms with E-state index in [4.69, 9.17) is 0 Å². The number of aliphatic imine (C=N–C) groups is 1. The third kappa shape index (κ3) is 8.14. The second-order valence-corrected chi connectivity index (χ2v) is 9.29. The molecule has 0 heterocycles. The largest absolute Gasteiger partial charge is 0.357 e. The van der Waals surface area contributed by atoms with Crippen LogP contribution in [0.15, 0.2) is 34.2 Å². The Morgan fingerprint density at radius 3 is 2.36 bits per heavy atom. The van der Waals surface area contributed by atoms with Crippen LogP contribution in [-0.4, -0.2) is 63.3 Å². The fourth-order valence-electron chi connectivity index (χ4n) is 3.01. The number of nitrogens with one attached hydrogen (secondary N) is 2. The van der Waals surface area contributed by atoms with Crippen molar-refractivity contribution in [3.63, 3.8) is 0 Å². The molecule has 0 unspecified atom stereocenters. The van der Waals surface area contributed by atoms with Crippen LogP contribution in [0.2, 0.25) is 0 Å². The van der Waals surface area contributed by atoms with E-state index in [2.05, 4.69) is 48.2 Å². The number of nitrogens with zero attached hydrogens (tertiary/aromatic N) is 2. The van der Waals surface area contributed by atoms with Gasteiger partial charge in [0.05, 0.1) is 5.75 Å². The summed E-state index contributed by atoms with van der Waals surface area (Å²) in [5.74, 6) is -0.345. The second-order valence-electron chi connectivity index (χ2n) is 7.22. The molecule has 0 bridgehead atoms. The zero-order valence-electron chi connectivity index (χ0n) is 17.7. The van der Waals surface area contributed by atoms with Crippen molar-refractivity contribution in [2.45, 2.75) is 58.0 Å². The summed E-state index contributed by atoms with van der Waals surface area (Å²) in [5, 5.41) is 6.13. The van der Waals surface area contributed by atoms with Crippen LogP contribution in [0.25, 0.3) is 0 Å². The van der Waals surface area contributed by atoms with Crippen molar-refractivity contribution in [3.05, 3.63) is 30.1 Å². The fourth-order valence-corrected chi connectivity index (χ4v) is 4.25. The number of halogens is 1. The molecule has 0 fully saturated rings. The molecule has 0 aliphatic heterocycles. The van der Waals surface area contributed by atoms with Crippen LogP contribution in [0.1, 0.15) is 41.0 Å². The summed E-state index contributed by atoms with van der Waals surface area (Å²) in [4.78, 5) is 6.66. The fraction of sp³-hybridized carbons (Fsp3) is 0.650. The molecule has 1 aromatic carbocycles. The van der Waals surface area contributed by atoms with E-state index in [1.165, 1.54) is 18.2 Å². The maximum absolute atomic E-state index is 13.7. The highest BCUT2D eigenvalue weighted by atomic mass is 32.2. The van der Waals surface area contributed by atoms with Gasteiger partial charge in [0.25, 0.3) is 0 Å². The number of sulfone groups is 1. The summed E-state index contributed by atoms with van der Waals surface area (Å²) in [5.41, 5.74) is 0. The summed E-state index contributed by atoms with van der Waals surface area (Å²) in [7, 11) is -3.68. The molecule has 1 rings (SSSR count). The second kappa shape index (κ2) is 12.0. The van der Waals surface area contributed by atoms with Crippen LogP contribution in [0, 0.1) is 5.82 Å². The molecule has 0 saturated carbocycles. The van der Waals surface area contributed by atoms with Gasteiger partial charge in [0.1, 0.15) is 10.7 Å². The number of rotatable bonds is 11. The predicted molar refractivity (Wildman–Crippen MR) is 114 cm³/mol. The lowest BCUT2D eigenvalue weighted by Gasteiger charge is -2.30. The molecule has 0 amide bonds. The monoisotopic (exact) mass is 414 g/mol. The average molecular weight is 415 g/mol. The summed E-state index contributed by atoms with van der Waals surface area (Å²) in [6.45, 7) is 13.1. The van der Waals surface area contributed by atoms with E-state index in [0.717, 1.165) is 19.0 Å². The van der Waals surface area contributed by atoms with E-state index in [1.807, 2.05) is 6.92 Å². The lowest BCUT2D eigenvalue weighted by atomic mass is 10.2. The summed E-state index contributed by atoms with van der Waals surface area (Å²) in [6, 6.07) is 6.41. The molecule has 0 radical (unpaired) electrons. The van der Waals surface area contributed by atoms with E-state index < -0.39 is 15.7 Å². The lowest BCUT2D eigenvalue weighted by Crippen LogP contribution is -2.40. The first-order valence-electron chi connectivity index (χ1n) is 9.94. The van der Waals surface area contributed by atoms with Crippen molar-refractivity contribution < 1.29 is 12.8 Å². The molecular weight excluding hydrogens is 379 g/mol. The van der Waals surface area contributed by atoms with Crippen molar-refractivity contribution in [1.29, 1.82) is 0 Å². The van der Waals surface area contributed by atoms with Crippen molar-refractivity contribution in [1.82, 2.24) is 15.5 Å². The Bertz CT molecular complexity index is 713. The molecule has 1 aromatic rings. The number of hydrogen-bond acceptors (Lipinski definition) is 4. The minimum absolute atomic E-state index is 0.159. The Labute approximate surface area is 169 Å². The zero-order valence-corrected chi connectivity index (χ0v) is 18.5. The Hall–Kier alpha value is -1.67. The maximum Gasteiger partial charge on any atom is 0.191 e. The Morgan fingerprint density at radius 1 is 1.14 bits per heavy atom. The van der Waals surface area contributed by atoms with Gasteiger partial charge >= 0.3 is 0 Å². The molecule has 2 N–H and O–H groups in total. The minimum Gasteiger partial charge on any atom is -0.357 e. The predicted octanol–water partition coefficient (Wildman–Crippen LogP) is 2.66. The average Bonchev–Trinajstić information content (AvgIpc) is 2.60. The van der Waals surface area contributed by atoms with E-state index in [-0.39, 0.29) is 17.2 Å². The van der Waals surface area contributed by atoms with Crippen molar-refractivity contribution in [2.75, 3.05) is 31.9 Å². The zero-order chi connectivity index (χ0) is 21.2. The standard InChI is InChI=1S/C20H35FN4O2S/c1-6-22-20(23-12-9-14-25(16(2)3)17(4)5)24-13-15-28(26,27)19-11-8-7-10-18(19)21/h7-8,10-11,16-17H,6,9,12-15H2,1-5H3,(H2,22,23,24). The summed E-state index contributed by atoms with van der Waals surface area (Å²) < 4.78 is 38.4. The highest BCUT2D eigenvalue weighted by Crippen LogP contribution is 2.14. The summed E-state index contributed by atoms with van der Waals surface area (Å²) in [6.07, 6.45) is 0.917. The number of hydrogen-bond donors (Lipinski definition) is 2. The lowest BCUT2D eigenvalue weighted by molar-refractivity contribution is 0.174. The first-order chi connectivity index (χ1) is 13.2. The van der Waals surface area contributed by atoms with Crippen LogP contribution >= 0.6 is 0 Å². The van der Waals surface area contributed by atoms with E-state index in [0.29, 0.717) is 31.1 Å². The molecule has 0 atom stereocenters. The van der Waals surface area contributed by atoms with Crippen molar-refractivity contribution in [3.8, 4) is 0 Å². The molecule has 160 valence electrons. The first-order valence-corrected chi connectivity index (χ1v) is 11.6. The highest BCUT2D eigenvalue weighted by Gasteiger charge is 2.18. The molecule has 28 heavy (non-hydrogen) atoms. The Morgan fingerprint density at radius 2 is 1.79 bits per heavy atom. The smallest absolute Gasteiger partial charge is 0.191 e. The third-order valence-electron chi connectivity index (χ3n) is 4.35. The molecule has 0 aliphatic carbocycles. The van der Waals surface area contributed by atoms with Crippen LogP contribution in [-0.2, 0) is 9.84 Å². The van der Waals surface area contributed by atoms with E-state index >= 15 is 0 Å². The number of guanidine groups is 1. The van der Waals surface area contributed by atoms with Gasteiger partial charge in [-0.15, -0.1) is 0 Å². The Kier molecular flexibility index (Phi) is 10.5. The van der Waals surface area contributed by atoms with Crippen LogP contribution in [0.3, 0.4) is 0 Å². The van der Waals surface area contributed by atoms with Gasteiger partial charge in [-0.25, -0.2) is 12.8 Å². The molecular formula is C20H35FN4O2S. The molecule has 6 nitrogen and oxygen atoms in total. The van der Waals surface area contributed by atoms with Gasteiger partial charge in [0, 0.05) is 38.3 Å². The van der Waals surface area contributed by atoms with Gasteiger partial charge < -0.3 is 10.6 Å². The Balaban J connectivity index is 2.56. The SMILES string of the molecule is CCNC(=NCCCN(C(C)C)C(C)C)NCCS(=O)(=O)c1ccccc1F. The van der Waals surface area contributed by atoms with Crippen molar-refractivity contribution in [2.24, 2.45) is 4.99 Å². The molecule has 8 heteroatoms.